The molecule has 3 aromatic rings. The topological polar surface area (TPSA) is 66.0 Å². The summed E-state index contributed by atoms with van der Waals surface area (Å²) in [7, 11) is 2.03. The molecule has 1 unspecified atom stereocenters. The molecule has 0 saturated carbocycles. The van der Waals surface area contributed by atoms with E-state index in [0.29, 0.717) is 30.2 Å². The molecule has 138 valence electrons. The first-order chi connectivity index (χ1) is 13.0. The number of nitriles is 1. The molecule has 0 aliphatic carbocycles. The number of hydrogen-bond acceptors (Lipinski definition) is 5. The number of rotatable bonds is 7. The predicted molar refractivity (Wildman–Crippen MR) is 99.3 cm³/mol. The van der Waals surface area contributed by atoms with E-state index in [4.69, 9.17) is 9.78 Å². The molecule has 0 fully saturated rings. The van der Waals surface area contributed by atoms with Crippen molar-refractivity contribution in [2.24, 2.45) is 0 Å². The zero-order valence-electron chi connectivity index (χ0n) is 15.4. The van der Waals surface area contributed by atoms with Gasteiger partial charge in [0.1, 0.15) is 5.82 Å². The summed E-state index contributed by atoms with van der Waals surface area (Å²) >= 11 is 0. The molecule has 0 aliphatic heterocycles. The van der Waals surface area contributed by atoms with Crippen molar-refractivity contribution in [2.75, 3.05) is 7.05 Å². The molecular formula is C21H21FN4O. The maximum Gasteiger partial charge on any atom is 0.228 e. The molecule has 1 heterocycles. The van der Waals surface area contributed by atoms with Gasteiger partial charge in [-0.15, -0.1) is 0 Å². The van der Waals surface area contributed by atoms with Crippen LogP contribution in [0, 0.1) is 24.1 Å². The Morgan fingerprint density at radius 1 is 1.07 bits per heavy atom. The highest BCUT2D eigenvalue weighted by molar-refractivity contribution is 5.32. The van der Waals surface area contributed by atoms with Gasteiger partial charge in [-0.25, -0.2) is 4.39 Å². The molecule has 0 amide bonds. The van der Waals surface area contributed by atoms with Crippen LogP contribution in [0.2, 0.25) is 0 Å². The second kappa shape index (κ2) is 8.56. The fraction of sp³-hybridized carbons (Fsp3) is 0.286. The lowest BCUT2D eigenvalue weighted by Crippen LogP contribution is -2.35. The number of likely N-dealkylation sites (N-methyl/N-ethyl adjacent to an activating group) is 1. The summed E-state index contributed by atoms with van der Waals surface area (Å²) in [5.41, 5.74) is 2.80. The highest BCUT2D eigenvalue weighted by Crippen LogP contribution is 2.16. The molecule has 0 N–H and O–H groups in total. The maximum atomic E-state index is 13.2. The molecule has 0 aliphatic rings. The third-order valence-electron chi connectivity index (χ3n) is 4.50. The third kappa shape index (κ3) is 5.22. The standard InChI is InChI=1S/C21H21FN4O/c1-15-24-21(27-25-15)12-20(11-16-3-5-17(13-23)6-4-16)26(2)14-18-7-9-19(22)10-8-18/h3-10,20H,11-12,14H2,1-2H3. The Morgan fingerprint density at radius 2 is 1.74 bits per heavy atom. The van der Waals surface area contributed by atoms with E-state index in [1.165, 1.54) is 12.1 Å². The van der Waals surface area contributed by atoms with Crippen molar-refractivity contribution in [3.8, 4) is 6.07 Å². The molecule has 2 aromatic carbocycles. The van der Waals surface area contributed by atoms with Crippen LogP contribution in [0.25, 0.3) is 0 Å². The molecule has 0 radical (unpaired) electrons. The molecular weight excluding hydrogens is 343 g/mol. The summed E-state index contributed by atoms with van der Waals surface area (Å²) in [5, 5.41) is 12.8. The summed E-state index contributed by atoms with van der Waals surface area (Å²) in [4.78, 5) is 6.52. The number of nitrogens with zero attached hydrogens (tertiary/aromatic N) is 4. The number of hydrogen-bond donors (Lipinski definition) is 0. The Kier molecular flexibility index (Phi) is 5.94. The van der Waals surface area contributed by atoms with Crippen molar-refractivity contribution < 1.29 is 8.91 Å². The van der Waals surface area contributed by atoms with Crippen LogP contribution < -0.4 is 0 Å². The normalized spacial score (nSPS) is 12.1. The van der Waals surface area contributed by atoms with Gasteiger partial charge in [0.05, 0.1) is 11.6 Å². The van der Waals surface area contributed by atoms with E-state index in [9.17, 15) is 4.39 Å². The van der Waals surface area contributed by atoms with E-state index in [1.807, 2.05) is 31.3 Å². The van der Waals surface area contributed by atoms with Gasteiger partial charge in [-0.1, -0.05) is 29.4 Å². The number of benzene rings is 2. The predicted octanol–water partition coefficient (Wildman–Crippen LogP) is 3.67. The fourth-order valence-corrected chi connectivity index (χ4v) is 3.00. The Morgan fingerprint density at radius 3 is 2.33 bits per heavy atom. The highest BCUT2D eigenvalue weighted by atomic mass is 19.1. The van der Waals surface area contributed by atoms with Gasteiger partial charge in [0.25, 0.3) is 0 Å². The van der Waals surface area contributed by atoms with Gasteiger partial charge in [0, 0.05) is 19.0 Å². The minimum atomic E-state index is -0.239. The van der Waals surface area contributed by atoms with Gasteiger partial charge < -0.3 is 4.52 Å². The van der Waals surface area contributed by atoms with Gasteiger partial charge in [0.2, 0.25) is 5.89 Å². The summed E-state index contributed by atoms with van der Waals surface area (Å²) in [5.74, 6) is 0.970. The van der Waals surface area contributed by atoms with Crippen molar-refractivity contribution in [1.82, 2.24) is 15.0 Å². The second-order valence-electron chi connectivity index (χ2n) is 6.65. The van der Waals surface area contributed by atoms with Crippen LogP contribution in [0.3, 0.4) is 0 Å². The van der Waals surface area contributed by atoms with E-state index >= 15 is 0 Å². The van der Waals surface area contributed by atoms with Crippen molar-refractivity contribution >= 4 is 0 Å². The third-order valence-corrected chi connectivity index (χ3v) is 4.50. The summed E-state index contributed by atoms with van der Waals surface area (Å²) in [6.07, 6.45) is 1.38. The molecule has 0 bridgehead atoms. The van der Waals surface area contributed by atoms with Gasteiger partial charge >= 0.3 is 0 Å². The minimum Gasteiger partial charge on any atom is -0.339 e. The smallest absolute Gasteiger partial charge is 0.228 e. The molecule has 0 spiro atoms. The molecule has 1 aromatic heterocycles. The van der Waals surface area contributed by atoms with Crippen molar-refractivity contribution in [3.05, 3.63) is 82.8 Å². The van der Waals surface area contributed by atoms with Crippen LogP contribution in [0.4, 0.5) is 4.39 Å². The zero-order chi connectivity index (χ0) is 19.2. The summed E-state index contributed by atoms with van der Waals surface area (Å²) < 4.78 is 18.5. The maximum absolute atomic E-state index is 13.2. The molecule has 5 nitrogen and oxygen atoms in total. The van der Waals surface area contributed by atoms with Crippen LogP contribution in [-0.2, 0) is 19.4 Å². The van der Waals surface area contributed by atoms with E-state index in [0.717, 1.165) is 17.5 Å². The van der Waals surface area contributed by atoms with E-state index in [2.05, 4.69) is 21.1 Å². The molecule has 6 heteroatoms. The molecule has 27 heavy (non-hydrogen) atoms. The van der Waals surface area contributed by atoms with E-state index in [1.54, 1.807) is 19.1 Å². The first kappa shape index (κ1) is 18.7. The first-order valence-electron chi connectivity index (χ1n) is 8.76. The monoisotopic (exact) mass is 364 g/mol. The summed E-state index contributed by atoms with van der Waals surface area (Å²) in [6.45, 7) is 2.47. The van der Waals surface area contributed by atoms with Gasteiger partial charge in [0.15, 0.2) is 5.82 Å². The zero-order valence-corrected chi connectivity index (χ0v) is 15.4. The minimum absolute atomic E-state index is 0.114. The summed E-state index contributed by atoms with van der Waals surface area (Å²) in [6, 6.07) is 16.4. The van der Waals surface area contributed by atoms with Crippen molar-refractivity contribution in [2.45, 2.75) is 32.4 Å². The van der Waals surface area contributed by atoms with Crippen LogP contribution >= 0.6 is 0 Å². The Bertz CT molecular complexity index is 913. The van der Waals surface area contributed by atoms with Gasteiger partial charge in [-0.2, -0.15) is 10.2 Å². The van der Waals surface area contributed by atoms with E-state index in [-0.39, 0.29) is 11.9 Å². The SMILES string of the molecule is Cc1noc(CC(Cc2ccc(C#N)cc2)N(C)Cc2ccc(F)cc2)n1. The first-order valence-corrected chi connectivity index (χ1v) is 8.76. The number of halogens is 1. The fourth-order valence-electron chi connectivity index (χ4n) is 3.00. The average Bonchev–Trinajstić information content (AvgIpc) is 3.08. The Labute approximate surface area is 158 Å². The largest absolute Gasteiger partial charge is 0.339 e. The van der Waals surface area contributed by atoms with Crippen LogP contribution in [0.15, 0.2) is 53.1 Å². The lowest BCUT2D eigenvalue weighted by Gasteiger charge is -2.27. The molecule has 1 atom stereocenters. The van der Waals surface area contributed by atoms with Gasteiger partial charge in [-0.3, -0.25) is 4.90 Å². The quantitative estimate of drug-likeness (QED) is 0.640. The van der Waals surface area contributed by atoms with Crippen LogP contribution in [0.1, 0.15) is 28.4 Å². The Hall–Kier alpha value is -3.04. The number of aromatic nitrogens is 2. The Balaban J connectivity index is 1.76. The lowest BCUT2D eigenvalue weighted by molar-refractivity contribution is 0.214. The molecule has 0 saturated heterocycles. The average molecular weight is 364 g/mol. The van der Waals surface area contributed by atoms with Crippen molar-refractivity contribution in [3.63, 3.8) is 0 Å². The van der Waals surface area contributed by atoms with Gasteiger partial charge in [-0.05, 0) is 55.8 Å². The number of aryl methyl sites for hydroxylation is 1. The second-order valence-corrected chi connectivity index (χ2v) is 6.65. The lowest BCUT2D eigenvalue weighted by atomic mass is 10.0. The molecule has 3 rings (SSSR count). The van der Waals surface area contributed by atoms with Crippen molar-refractivity contribution in [1.29, 1.82) is 5.26 Å². The van der Waals surface area contributed by atoms with E-state index < -0.39 is 0 Å². The van der Waals surface area contributed by atoms with Crippen LogP contribution in [-0.4, -0.2) is 28.1 Å². The van der Waals surface area contributed by atoms with Crippen LogP contribution in [0.5, 0.6) is 0 Å². The highest BCUT2D eigenvalue weighted by Gasteiger charge is 2.20.